The van der Waals surface area contributed by atoms with E-state index in [0.717, 1.165) is 58.0 Å². The molecule has 0 aromatic heterocycles. The molecule has 3 aliphatic heterocycles. The van der Waals surface area contributed by atoms with E-state index in [9.17, 15) is 4.79 Å². The van der Waals surface area contributed by atoms with Crippen LogP contribution in [0.1, 0.15) is 33.6 Å². The Kier molecular flexibility index (Phi) is 5.60. The van der Waals surface area contributed by atoms with Crippen LogP contribution in [-0.2, 0) is 9.53 Å². The van der Waals surface area contributed by atoms with Crippen LogP contribution >= 0.6 is 0 Å². The Hall–Kier alpha value is -0.650. The van der Waals surface area contributed by atoms with Gasteiger partial charge in [-0.25, -0.2) is 0 Å². The van der Waals surface area contributed by atoms with Gasteiger partial charge < -0.3 is 15.0 Å². The molecule has 3 aliphatic rings. The highest BCUT2D eigenvalue weighted by molar-refractivity contribution is 5.79. The maximum absolute atomic E-state index is 12.6. The molecule has 132 valence electrons. The van der Waals surface area contributed by atoms with Crippen LogP contribution in [0.15, 0.2) is 0 Å². The summed E-state index contributed by atoms with van der Waals surface area (Å²) >= 11 is 0. The zero-order valence-electron chi connectivity index (χ0n) is 15.0. The fourth-order valence-corrected chi connectivity index (χ4v) is 4.29. The highest BCUT2D eigenvalue weighted by Gasteiger charge is 2.33. The summed E-state index contributed by atoms with van der Waals surface area (Å²) in [7, 11) is 0. The second kappa shape index (κ2) is 7.49. The fraction of sp³-hybridized carbons (Fsp3) is 0.944. The van der Waals surface area contributed by atoms with Gasteiger partial charge in [0.1, 0.15) is 0 Å². The average molecular weight is 323 g/mol. The number of carbonyl (C=O) groups excluding carboxylic acids is 1. The maximum Gasteiger partial charge on any atom is 0.225 e. The van der Waals surface area contributed by atoms with Crippen molar-refractivity contribution < 1.29 is 9.53 Å². The molecule has 5 heteroatoms. The molecule has 0 radical (unpaired) electrons. The quantitative estimate of drug-likeness (QED) is 0.844. The van der Waals surface area contributed by atoms with Crippen molar-refractivity contribution in [2.75, 3.05) is 45.8 Å². The SMILES string of the molecule is CC1CN(CC2CCN(C(=O)C(C)C3CNC3)CC2)CC(C)O1. The molecule has 1 N–H and O–H groups in total. The first-order valence-electron chi connectivity index (χ1n) is 9.40. The molecular formula is C18H33N3O2. The Morgan fingerprint density at radius 3 is 2.30 bits per heavy atom. The third-order valence-electron chi connectivity index (χ3n) is 5.85. The molecule has 0 saturated carbocycles. The van der Waals surface area contributed by atoms with E-state index in [0.29, 0.717) is 24.0 Å². The van der Waals surface area contributed by atoms with Gasteiger partial charge in [0.25, 0.3) is 0 Å². The molecule has 3 saturated heterocycles. The number of piperidine rings is 1. The van der Waals surface area contributed by atoms with Gasteiger partial charge in [0.05, 0.1) is 12.2 Å². The lowest BCUT2D eigenvalue weighted by Gasteiger charge is -2.41. The number of hydrogen-bond acceptors (Lipinski definition) is 4. The minimum absolute atomic E-state index is 0.189. The standard InChI is InChI=1S/C18H33N3O2/c1-13-10-20(11-14(2)23-13)12-16-4-6-21(7-5-16)18(22)15(3)17-8-19-9-17/h13-17,19H,4-12H2,1-3H3. The van der Waals surface area contributed by atoms with Crippen LogP contribution in [0.4, 0.5) is 0 Å². The van der Waals surface area contributed by atoms with Crippen molar-refractivity contribution in [2.45, 2.75) is 45.8 Å². The Balaban J connectivity index is 1.42. The van der Waals surface area contributed by atoms with E-state index in [2.05, 4.69) is 35.9 Å². The first kappa shape index (κ1) is 17.2. The van der Waals surface area contributed by atoms with Gasteiger partial charge in [0.15, 0.2) is 0 Å². The zero-order chi connectivity index (χ0) is 16.4. The highest BCUT2D eigenvalue weighted by Crippen LogP contribution is 2.24. The van der Waals surface area contributed by atoms with Crippen LogP contribution in [0, 0.1) is 17.8 Å². The van der Waals surface area contributed by atoms with Gasteiger partial charge in [-0.15, -0.1) is 0 Å². The summed E-state index contributed by atoms with van der Waals surface area (Å²) in [6.45, 7) is 13.6. The lowest BCUT2D eigenvalue weighted by molar-refractivity contribution is -0.139. The van der Waals surface area contributed by atoms with Crippen molar-refractivity contribution in [3.8, 4) is 0 Å². The largest absolute Gasteiger partial charge is 0.373 e. The molecule has 5 nitrogen and oxygen atoms in total. The summed E-state index contributed by atoms with van der Waals surface area (Å²) in [5, 5.41) is 3.27. The third kappa shape index (κ3) is 4.25. The van der Waals surface area contributed by atoms with E-state index >= 15 is 0 Å². The number of likely N-dealkylation sites (tertiary alicyclic amines) is 1. The lowest BCUT2D eigenvalue weighted by atomic mass is 9.87. The maximum atomic E-state index is 12.6. The Bertz CT molecular complexity index is 395. The average Bonchev–Trinajstić information content (AvgIpc) is 2.44. The molecule has 3 atom stereocenters. The van der Waals surface area contributed by atoms with Crippen LogP contribution < -0.4 is 5.32 Å². The molecule has 0 bridgehead atoms. The van der Waals surface area contributed by atoms with E-state index in [1.54, 1.807) is 0 Å². The minimum atomic E-state index is 0.189. The van der Waals surface area contributed by atoms with Crippen LogP contribution in [0.3, 0.4) is 0 Å². The summed E-state index contributed by atoms with van der Waals surface area (Å²) in [6, 6.07) is 0. The zero-order valence-corrected chi connectivity index (χ0v) is 15.0. The molecule has 3 heterocycles. The smallest absolute Gasteiger partial charge is 0.225 e. The molecule has 23 heavy (non-hydrogen) atoms. The van der Waals surface area contributed by atoms with Crippen molar-refractivity contribution in [1.29, 1.82) is 0 Å². The van der Waals surface area contributed by atoms with Crippen LogP contribution in [0.25, 0.3) is 0 Å². The van der Waals surface area contributed by atoms with E-state index in [4.69, 9.17) is 4.74 Å². The lowest BCUT2D eigenvalue weighted by Crippen LogP contribution is -2.52. The molecule has 1 amide bonds. The number of amides is 1. The Morgan fingerprint density at radius 2 is 1.78 bits per heavy atom. The van der Waals surface area contributed by atoms with Crippen molar-refractivity contribution in [1.82, 2.24) is 15.1 Å². The summed E-state index contributed by atoms with van der Waals surface area (Å²) in [5.74, 6) is 1.85. The predicted octanol–water partition coefficient (Wildman–Crippen LogP) is 1.19. The topological polar surface area (TPSA) is 44.8 Å². The molecule has 3 unspecified atom stereocenters. The van der Waals surface area contributed by atoms with E-state index < -0.39 is 0 Å². The number of nitrogens with one attached hydrogen (secondary N) is 1. The molecule has 3 rings (SSSR count). The summed E-state index contributed by atoms with van der Waals surface area (Å²) in [6.07, 6.45) is 3.00. The number of nitrogens with zero attached hydrogens (tertiary/aromatic N) is 2. The van der Waals surface area contributed by atoms with Gasteiger partial charge in [-0.2, -0.15) is 0 Å². The minimum Gasteiger partial charge on any atom is -0.373 e. The molecule has 3 fully saturated rings. The predicted molar refractivity (Wildman–Crippen MR) is 91.3 cm³/mol. The Labute approximate surface area is 140 Å². The fourth-order valence-electron chi connectivity index (χ4n) is 4.29. The van der Waals surface area contributed by atoms with Crippen molar-refractivity contribution in [3.05, 3.63) is 0 Å². The summed E-state index contributed by atoms with van der Waals surface area (Å²) < 4.78 is 5.82. The number of hydrogen-bond donors (Lipinski definition) is 1. The molecular weight excluding hydrogens is 290 g/mol. The van der Waals surface area contributed by atoms with E-state index in [-0.39, 0.29) is 5.92 Å². The summed E-state index contributed by atoms with van der Waals surface area (Å²) in [4.78, 5) is 17.3. The highest BCUT2D eigenvalue weighted by atomic mass is 16.5. The number of carbonyl (C=O) groups is 1. The monoisotopic (exact) mass is 323 g/mol. The van der Waals surface area contributed by atoms with Crippen molar-refractivity contribution >= 4 is 5.91 Å². The second-order valence-corrected chi connectivity index (χ2v) is 7.95. The van der Waals surface area contributed by atoms with Gasteiger partial charge in [-0.3, -0.25) is 9.69 Å². The number of rotatable bonds is 4. The normalized spacial score (nSPS) is 32.6. The van der Waals surface area contributed by atoms with E-state index in [1.807, 2.05) is 0 Å². The summed E-state index contributed by atoms with van der Waals surface area (Å²) in [5.41, 5.74) is 0. The van der Waals surface area contributed by atoms with Gasteiger partial charge in [-0.1, -0.05) is 6.92 Å². The molecule has 0 aromatic carbocycles. The van der Waals surface area contributed by atoms with Gasteiger partial charge in [-0.05, 0) is 51.6 Å². The number of morpholine rings is 1. The van der Waals surface area contributed by atoms with Crippen molar-refractivity contribution in [3.63, 3.8) is 0 Å². The first-order chi connectivity index (χ1) is 11.0. The Morgan fingerprint density at radius 1 is 1.17 bits per heavy atom. The molecule has 0 spiro atoms. The third-order valence-corrected chi connectivity index (χ3v) is 5.85. The second-order valence-electron chi connectivity index (χ2n) is 7.95. The molecule has 0 aliphatic carbocycles. The van der Waals surface area contributed by atoms with Crippen LogP contribution in [0.2, 0.25) is 0 Å². The number of ether oxygens (including phenoxy) is 1. The van der Waals surface area contributed by atoms with Crippen LogP contribution in [-0.4, -0.2) is 73.7 Å². The van der Waals surface area contributed by atoms with E-state index in [1.165, 1.54) is 6.54 Å². The van der Waals surface area contributed by atoms with Gasteiger partial charge in [0, 0.05) is 38.6 Å². The first-order valence-corrected chi connectivity index (χ1v) is 9.40. The van der Waals surface area contributed by atoms with Gasteiger partial charge >= 0.3 is 0 Å². The molecule has 0 aromatic rings. The van der Waals surface area contributed by atoms with Crippen LogP contribution in [0.5, 0.6) is 0 Å². The van der Waals surface area contributed by atoms with Gasteiger partial charge in [0.2, 0.25) is 5.91 Å². The van der Waals surface area contributed by atoms with Crippen molar-refractivity contribution in [2.24, 2.45) is 17.8 Å².